The number of ether oxygens (including phenoxy) is 1. The summed E-state index contributed by atoms with van der Waals surface area (Å²) >= 11 is 6.09. The lowest BCUT2D eigenvalue weighted by molar-refractivity contribution is 0.106. The average molecular weight is 422 g/mol. The highest BCUT2D eigenvalue weighted by molar-refractivity contribution is 7.98. The van der Waals surface area contributed by atoms with E-state index in [-0.39, 0.29) is 35.7 Å². The number of hydrogen-bond donors (Lipinski definition) is 1. The van der Waals surface area contributed by atoms with E-state index < -0.39 is 46.8 Å². The molecule has 8 heteroatoms. The molecule has 1 aromatic heterocycles. The summed E-state index contributed by atoms with van der Waals surface area (Å²) in [5.74, 6) is -1.24. The van der Waals surface area contributed by atoms with Crippen LogP contribution >= 0.6 is 23.4 Å². The summed E-state index contributed by atoms with van der Waals surface area (Å²) < 4.78 is 67.1. The second-order valence-corrected chi connectivity index (χ2v) is 6.23. The monoisotopic (exact) mass is 421 g/mol. The lowest BCUT2D eigenvalue weighted by Gasteiger charge is -2.09. The molecule has 3 aromatic rings. The van der Waals surface area contributed by atoms with Crippen molar-refractivity contribution in [3.63, 3.8) is 0 Å². The molecule has 0 aliphatic rings. The van der Waals surface area contributed by atoms with Gasteiger partial charge in [0, 0.05) is 20.9 Å². The van der Waals surface area contributed by atoms with Gasteiger partial charge in [0.2, 0.25) is 5.78 Å². The maximum absolute atomic E-state index is 13.3. The predicted molar refractivity (Wildman–Crippen MR) is 109 cm³/mol. The van der Waals surface area contributed by atoms with E-state index in [1.807, 2.05) is 0 Å². The zero-order valence-corrected chi connectivity index (χ0v) is 15.6. The first-order chi connectivity index (χ1) is 16.9. The van der Waals surface area contributed by atoms with Gasteiger partial charge in [-0.1, -0.05) is 52.8 Å². The van der Waals surface area contributed by atoms with Gasteiger partial charge in [0.15, 0.2) is 10.9 Å². The molecule has 3 rings (SSSR count). The molecule has 142 valence electrons. The first kappa shape index (κ1) is 11.8. The molecule has 0 aliphatic carbocycles. The standard InChI is InChI=1S/C20H16ClN3O3S/c1-28-20-22-10-9-17(23-20)18(24-26)19(25)14-3-2-4-16(11-14)27-12-13-5-7-15(21)8-6-13/h2-11,26H,12H2,1H3/i1D3,4D,9D,10D,11D/hD. The number of oxime groups is 1. The third kappa shape index (κ3) is 4.88. The van der Waals surface area contributed by atoms with Crippen molar-refractivity contribution in [3.05, 3.63) is 82.5 Å². The van der Waals surface area contributed by atoms with Crippen LogP contribution in [0.25, 0.3) is 0 Å². The highest BCUT2D eigenvalue weighted by Crippen LogP contribution is 2.18. The Morgan fingerprint density at radius 3 is 3.04 bits per heavy atom. The molecule has 0 saturated heterocycles. The van der Waals surface area contributed by atoms with E-state index in [1.54, 1.807) is 24.3 Å². The number of thioether (sulfide) groups is 1. The molecule has 1 N–H and O–H groups in total. The summed E-state index contributed by atoms with van der Waals surface area (Å²) in [6.45, 7) is -0.0238. The van der Waals surface area contributed by atoms with Crippen LogP contribution in [0.3, 0.4) is 0 Å². The van der Waals surface area contributed by atoms with Gasteiger partial charge < -0.3 is 9.95 Å². The first-order valence-electron chi connectivity index (χ1n) is 11.6. The Morgan fingerprint density at radius 2 is 2.25 bits per heavy atom. The predicted octanol–water partition coefficient (Wildman–Crippen LogP) is 4.49. The zero-order chi connectivity index (χ0) is 26.6. The number of nitrogens with zero attached hydrogens (tertiary/aromatic N) is 3. The van der Waals surface area contributed by atoms with Crippen LogP contribution in [-0.2, 0) is 6.61 Å². The molecule has 0 amide bonds. The van der Waals surface area contributed by atoms with E-state index >= 15 is 0 Å². The normalized spacial score (nSPS) is 15.7. The molecule has 28 heavy (non-hydrogen) atoms. The van der Waals surface area contributed by atoms with Crippen LogP contribution in [0.2, 0.25) is 6.45 Å². The number of ketones is 1. The minimum Gasteiger partial charge on any atom is -0.489 e. The van der Waals surface area contributed by atoms with Gasteiger partial charge in [-0.3, -0.25) is 4.79 Å². The SMILES string of the molecule is [2H]ON=C(C(=O)c1ccc([2H])c(OCc2ccc(Cl)cc2)c1[2H])c1nc(SC([2H])([2H])[2H])nc([2H])c1[2H]. The van der Waals surface area contributed by atoms with E-state index in [4.69, 9.17) is 27.4 Å². The fourth-order valence-corrected chi connectivity index (χ4v) is 2.46. The molecule has 0 atom stereocenters. The van der Waals surface area contributed by atoms with Crippen molar-refractivity contribution in [2.75, 3.05) is 6.18 Å². The van der Waals surface area contributed by atoms with Crippen LogP contribution in [0.1, 0.15) is 31.2 Å². The van der Waals surface area contributed by atoms with E-state index in [1.165, 1.54) is 6.07 Å². The molecule has 6 nitrogen and oxygen atoms in total. The Labute approximate surface area is 182 Å². The van der Waals surface area contributed by atoms with E-state index in [2.05, 4.69) is 20.3 Å². The quantitative estimate of drug-likeness (QED) is 0.144. The summed E-state index contributed by atoms with van der Waals surface area (Å²) in [7, 11) is 0. The van der Waals surface area contributed by atoms with Crippen LogP contribution < -0.4 is 4.74 Å². The molecular formula is C20H16ClN3O3S. The van der Waals surface area contributed by atoms with Gasteiger partial charge >= 0.3 is 1.43 Å². The van der Waals surface area contributed by atoms with Crippen LogP contribution in [0.5, 0.6) is 5.75 Å². The van der Waals surface area contributed by atoms with Crippen LogP contribution in [0, 0.1) is 0 Å². The fraction of sp³-hybridized carbons (Fsp3) is 0.100. The fourth-order valence-electron chi connectivity index (χ4n) is 2.10. The minimum absolute atomic E-state index is 0.0238. The molecule has 0 spiro atoms. The Balaban J connectivity index is 2.01. The molecule has 0 saturated carbocycles. The van der Waals surface area contributed by atoms with Gasteiger partial charge in [-0.2, -0.15) is 0 Å². The Kier molecular flexibility index (Phi) is 3.95. The molecule has 0 bridgehead atoms. The lowest BCUT2D eigenvalue weighted by atomic mass is 10.0. The summed E-state index contributed by atoms with van der Waals surface area (Å²) in [6.07, 6.45) is -3.26. The van der Waals surface area contributed by atoms with Gasteiger partial charge in [0.1, 0.15) is 18.1 Å². The lowest BCUT2D eigenvalue weighted by Crippen LogP contribution is -2.18. The maximum atomic E-state index is 13.3. The zero-order valence-electron chi connectivity index (χ0n) is 22.0. The summed E-state index contributed by atoms with van der Waals surface area (Å²) in [6, 6.07) is 7.74. The van der Waals surface area contributed by atoms with Crippen molar-refractivity contribution in [1.29, 1.82) is 0 Å². The Bertz CT molecular complexity index is 1320. The smallest absolute Gasteiger partial charge is 0.330 e. The molecule has 1 heterocycles. The van der Waals surface area contributed by atoms with E-state index in [9.17, 15) is 4.79 Å². The minimum atomic E-state index is -2.57. The average Bonchev–Trinajstić information content (AvgIpc) is 2.79. The molecule has 0 aliphatic heterocycles. The second kappa shape index (κ2) is 9.34. The number of benzene rings is 2. The summed E-state index contributed by atoms with van der Waals surface area (Å²) in [5, 5.41) is 7.41. The van der Waals surface area contributed by atoms with Crippen molar-refractivity contribution >= 4 is 34.9 Å². The topological polar surface area (TPSA) is 84.7 Å². The number of hydrogen-bond acceptors (Lipinski definition) is 7. The van der Waals surface area contributed by atoms with Crippen LogP contribution in [0.15, 0.2) is 71.0 Å². The molecule has 2 aromatic carbocycles. The number of carbonyl (C=O) groups excluding carboxylic acids is 1. The van der Waals surface area contributed by atoms with Crippen LogP contribution in [-0.4, -0.2) is 32.9 Å². The van der Waals surface area contributed by atoms with Crippen molar-refractivity contribution in [3.8, 4) is 5.75 Å². The third-order valence-electron chi connectivity index (χ3n) is 3.41. The highest BCUT2D eigenvalue weighted by Gasteiger charge is 2.19. The molecule has 0 fully saturated rings. The first-order valence-corrected chi connectivity index (χ1v) is 8.87. The number of aromatic nitrogens is 2. The number of carbonyl (C=O) groups is 1. The van der Waals surface area contributed by atoms with Gasteiger partial charge in [-0.25, -0.2) is 9.97 Å². The molecule has 0 radical (unpaired) electrons. The molecular weight excluding hydrogens is 398 g/mol. The summed E-state index contributed by atoms with van der Waals surface area (Å²) in [4.78, 5) is 20.8. The Hall–Kier alpha value is -2.90. The number of halogens is 1. The van der Waals surface area contributed by atoms with Crippen molar-refractivity contribution in [2.45, 2.75) is 11.8 Å². The van der Waals surface area contributed by atoms with Crippen molar-refractivity contribution in [2.24, 2.45) is 5.16 Å². The second-order valence-electron chi connectivity index (χ2n) is 5.22. The van der Waals surface area contributed by atoms with Gasteiger partial charge in [-0.15, -0.1) is 0 Å². The van der Waals surface area contributed by atoms with Gasteiger partial charge in [-0.05, 0) is 42.0 Å². The van der Waals surface area contributed by atoms with E-state index in [0.717, 1.165) is 6.07 Å². The van der Waals surface area contributed by atoms with Crippen molar-refractivity contribution < 1.29 is 25.8 Å². The number of rotatable bonds is 8. The van der Waals surface area contributed by atoms with E-state index in [0.29, 0.717) is 10.6 Å². The summed E-state index contributed by atoms with van der Waals surface area (Å²) in [5.41, 5.74) is -0.908. The van der Waals surface area contributed by atoms with Gasteiger partial charge in [0.25, 0.3) is 0 Å². The highest BCUT2D eigenvalue weighted by atomic mass is 35.5. The Morgan fingerprint density at radius 1 is 1.39 bits per heavy atom. The third-order valence-corrected chi connectivity index (χ3v) is 4.03. The number of Topliss-reactive ketones (excluding diaryl/α,β-unsaturated/α-hetero) is 1. The largest absolute Gasteiger partial charge is 0.489 e. The molecule has 0 unspecified atom stereocenters. The van der Waals surface area contributed by atoms with Crippen molar-refractivity contribution in [1.82, 2.24) is 9.97 Å². The maximum Gasteiger partial charge on any atom is 0.330 e. The van der Waals surface area contributed by atoms with Crippen LogP contribution in [0.4, 0.5) is 0 Å². The van der Waals surface area contributed by atoms with Gasteiger partial charge in [0.05, 0.1) is 5.48 Å².